The van der Waals surface area contributed by atoms with Gasteiger partial charge in [-0.3, -0.25) is 0 Å². The van der Waals surface area contributed by atoms with Crippen LogP contribution in [0.2, 0.25) is 0 Å². The van der Waals surface area contributed by atoms with Crippen LogP contribution in [0, 0.1) is 5.92 Å². The maximum Gasteiger partial charge on any atom is 0.0495 e. The third-order valence-corrected chi connectivity index (χ3v) is 1.83. The van der Waals surface area contributed by atoms with Crippen molar-refractivity contribution >= 4 is 0 Å². The predicted octanol–water partition coefficient (Wildman–Crippen LogP) is 0.760. The van der Waals surface area contributed by atoms with Crippen LogP contribution in [0.4, 0.5) is 0 Å². The Morgan fingerprint density at radius 3 is 2.67 bits per heavy atom. The van der Waals surface area contributed by atoms with Crippen molar-refractivity contribution in [3.63, 3.8) is 0 Å². The van der Waals surface area contributed by atoms with Crippen molar-refractivity contribution in [2.75, 3.05) is 13.2 Å². The molecule has 2 nitrogen and oxygen atoms in total. The molecule has 9 heavy (non-hydrogen) atoms. The summed E-state index contributed by atoms with van der Waals surface area (Å²) < 4.78 is 5.23. The van der Waals surface area contributed by atoms with E-state index in [9.17, 15) is 0 Å². The van der Waals surface area contributed by atoms with Gasteiger partial charge in [0.05, 0.1) is 0 Å². The summed E-state index contributed by atoms with van der Waals surface area (Å²) in [6, 6.07) is 0.468. The maximum atomic E-state index is 5.59. The molecule has 0 heterocycles. The van der Waals surface area contributed by atoms with E-state index in [1.54, 1.807) is 0 Å². The molecule has 0 aliphatic heterocycles. The van der Waals surface area contributed by atoms with Crippen LogP contribution in [-0.4, -0.2) is 19.3 Å². The van der Waals surface area contributed by atoms with Crippen molar-refractivity contribution in [3.8, 4) is 0 Å². The molecule has 0 atom stereocenters. The number of rotatable bonds is 3. The Labute approximate surface area is 56.4 Å². The first-order valence-electron chi connectivity index (χ1n) is 3.66. The molecule has 1 fully saturated rings. The second-order valence-electron chi connectivity index (χ2n) is 2.76. The van der Waals surface area contributed by atoms with E-state index in [1.807, 2.05) is 6.92 Å². The van der Waals surface area contributed by atoms with Crippen LogP contribution < -0.4 is 5.73 Å². The van der Waals surface area contributed by atoms with Crippen molar-refractivity contribution in [1.29, 1.82) is 0 Å². The quantitative estimate of drug-likeness (QED) is 0.610. The fraction of sp³-hybridized carbons (Fsp3) is 1.00. The fourth-order valence-corrected chi connectivity index (χ4v) is 1.21. The second kappa shape index (κ2) is 3.18. The lowest BCUT2D eigenvalue weighted by atomic mass is 9.82. The molecule has 0 radical (unpaired) electrons. The Hall–Kier alpha value is -0.0800. The molecule has 0 aromatic rings. The van der Waals surface area contributed by atoms with E-state index in [0.717, 1.165) is 19.1 Å². The standard InChI is InChI=1S/C7H15NO/c1-2-9-5-6-3-7(8)4-6/h6-7H,2-5,8H2,1H3. The average Bonchev–Trinajstić information content (AvgIpc) is 1.78. The Morgan fingerprint density at radius 2 is 2.22 bits per heavy atom. The number of nitrogens with two attached hydrogens (primary N) is 1. The molecule has 0 unspecified atom stereocenters. The first-order chi connectivity index (χ1) is 4.33. The van der Waals surface area contributed by atoms with E-state index < -0.39 is 0 Å². The minimum atomic E-state index is 0.468. The van der Waals surface area contributed by atoms with Crippen molar-refractivity contribution < 1.29 is 4.74 Å². The van der Waals surface area contributed by atoms with Gasteiger partial charge in [0.25, 0.3) is 0 Å². The van der Waals surface area contributed by atoms with Gasteiger partial charge in [0.1, 0.15) is 0 Å². The summed E-state index contributed by atoms with van der Waals surface area (Å²) in [6.07, 6.45) is 2.33. The molecule has 54 valence electrons. The largest absolute Gasteiger partial charge is 0.381 e. The summed E-state index contributed by atoms with van der Waals surface area (Å²) in [4.78, 5) is 0. The minimum absolute atomic E-state index is 0.468. The van der Waals surface area contributed by atoms with E-state index in [1.165, 1.54) is 12.8 Å². The highest BCUT2D eigenvalue weighted by Gasteiger charge is 2.25. The zero-order valence-corrected chi connectivity index (χ0v) is 5.97. The molecule has 0 saturated heterocycles. The molecule has 1 rings (SSSR count). The summed E-state index contributed by atoms with van der Waals surface area (Å²) in [5.41, 5.74) is 5.59. The van der Waals surface area contributed by atoms with Gasteiger partial charge in [-0.25, -0.2) is 0 Å². The molecule has 0 spiro atoms. The molecule has 1 aliphatic rings. The second-order valence-corrected chi connectivity index (χ2v) is 2.76. The van der Waals surface area contributed by atoms with Crippen molar-refractivity contribution in [1.82, 2.24) is 0 Å². The highest BCUT2D eigenvalue weighted by atomic mass is 16.5. The first kappa shape index (κ1) is 7.03. The molecular formula is C7H15NO. The molecule has 0 aromatic heterocycles. The van der Waals surface area contributed by atoms with Crippen molar-refractivity contribution in [3.05, 3.63) is 0 Å². The highest BCUT2D eigenvalue weighted by molar-refractivity contribution is 4.81. The average molecular weight is 129 g/mol. The molecule has 0 amide bonds. The molecular weight excluding hydrogens is 114 g/mol. The van der Waals surface area contributed by atoms with E-state index in [0.29, 0.717) is 6.04 Å². The molecule has 1 saturated carbocycles. The maximum absolute atomic E-state index is 5.59. The van der Waals surface area contributed by atoms with E-state index >= 15 is 0 Å². The van der Waals surface area contributed by atoms with E-state index in [2.05, 4.69) is 0 Å². The zero-order chi connectivity index (χ0) is 6.69. The smallest absolute Gasteiger partial charge is 0.0495 e. The molecule has 1 aliphatic carbocycles. The van der Waals surface area contributed by atoms with Gasteiger partial charge in [-0.2, -0.15) is 0 Å². The van der Waals surface area contributed by atoms with Crippen LogP contribution >= 0.6 is 0 Å². The highest BCUT2D eigenvalue weighted by Crippen LogP contribution is 2.25. The zero-order valence-electron chi connectivity index (χ0n) is 5.97. The number of hydrogen-bond donors (Lipinski definition) is 1. The Balaban J connectivity index is 1.91. The van der Waals surface area contributed by atoms with Crippen molar-refractivity contribution in [2.45, 2.75) is 25.8 Å². The van der Waals surface area contributed by atoms with Gasteiger partial charge in [0, 0.05) is 19.3 Å². The van der Waals surface area contributed by atoms with Crippen LogP contribution in [0.25, 0.3) is 0 Å². The summed E-state index contributed by atoms with van der Waals surface area (Å²) >= 11 is 0. The van der Waals surface area contributed by atoms with E-state index in [4.69, 9.17) is 10.5 Å². The number of ether oxygens (including phenoxy) is 1. The molecule has 2 N–H and O–H groups in total. The van der Waals surface area contributed by atoms with Crippen LogP contribution in [0.15, 0.2) is 0 Å². The molecule has 2 heteroatoms. The van der Waals surface area contributed by atoms with Gasteiger partial charge in [-0.1, -0.05) is 0 Å². The fourth-order valence-electron chi connectivity index (χ4n) is 1.21. The third kappa shape index (κ3) is 1.95. The lowest BCUT2D eigenvalue weighted by molar-refractivity contribution is 0.0699. The summed E-state index contributed by atoms with van der Waals surface area (Å²) in [6.45, 7) is 3.79. The Morgan fingerprint density at radius 1 is 1.56 bits per heavy atom. The van der Waals surface area contributed by atoms with Gasteiger partial charge in [-0.05, 0) is 25.7 Å². The predicted molar refractivity (Wildman–Crippen MR) is 37.2 cm³/mol. The van der Waals surface area contributed by atoms with Gasteiger partial charge in [-0.15, -0.1) is 0 Å². The summed E-state index contributed by atoms with van der Waals surface area (Å²) in [7, 11) is 0. The first-order valence-corrected chi connectivity index (χ1v) is 3.66. The molecule has 0 bridgehead atoms. The number of hydrogen-bond acceptors (Lipinski definition) is 2. The van der Waals surface area contributed by atoms with Gasteiger partial charge >= 0.3 is 0 Å². The van der Waals surface area contributed by atoms with Gasteiger partial charge < -0.3 is 10.5 Å². The lowest BCUT2D eigenvalue weighted by Gasteiger charge is -2.31. The lowest BCUT2D eigenvalue weighted by Crippen LogP contribution is -2.38. The van der Waals surface area contributed by atoms with Crippen LogP contribution in [0.5, 0.6) is 0 Å². The van der Waals surface area contributed by atoms with Crippen LogP contribution in [0.3, 0.4) is 0 Å². The van der Waals surface area contributed by atoms with Crippen LogP contribution in [-0.2, 0) is 4.74 Å². The Bertz CT molecular complexity index is 79.0. The third-order valence-electron chi connectivity index (χ3n) is 1.83. The van der Waals surface area contributed by atoms with Crippen LogP contribution in [0.1, 0.15) is 19.8 Å². The molecule has 0 aromatic carbocycles. The minimum Gasteiger partial charge on any atom is -0.381 e. The van der Waals surface area contributed by atoms with E-state index in [-0.39, 0.29) is 0 Å². The van der Waals surface area contributed by atoms with Gasteiger partial charge in [0.15, 0.2) is 0 Å². The SMILES string of the molecule is CCOCC1CC(N)C1. The van der Waals surface area contributed by atoms with Crippen molar-refractivity contribution in [2.24, 2.45) is 11.7 Å². The topological polar surface area (TPSA) is 35.2 Å². The Kier molecular flexibility index (Phi) is 2.49. The monoisotopic (exact) mass is 129 g/mol. The summed E-state index contributed by atoms with van der Waals surface area (Å²) in [5.74, 6) is 0.764. The normalized spacial score (nSPS) is 34.0. The van der Waals surface area contributed by atoms with Gasteiger partial charge in [0.2, 0.25) is 0 Å². The summed E-state index contributed by atoms with van der Waals surface area (Å²) in [5, 5.41) is 0.